The molecule has 2 aromatic rings. The number of amides is 1. The molecule has 5 heteroatoms. The fraction of sp³-hybridized carbons (Fsp3) is 0.333. The predicted octanol–water partition coefficient (Wildman–Crippen LogP) is 1.75. The van der Waals surface area contributed by atoms with Crippen molar-refractivity contribution in [3.8, 4) is 0 Å². The standard InChI is InChI=1S/C15H18N4O/c1-19-10-16-9-14(19)15(20)17-7-6-11-8-18-13-5-3-2-4-12(11)13/h2-5,9-11,18H,6-8H2,1H3,(H,17,20). The summed E-state index contributed by atoms with van der Waals surface area (Å²) in [7, 11) is 1.82. The van der Waals surface area contributed by atoms with Gasteiger partial charge in [0.25, 0.3) is 5.91 Å². The second-order valence-electron chi connectivity index (χ2n) is 5.10. The van der Waals surface area contributed by atoms with E-state index >= 15 is 0 Å². The van der Waals surface area contributed by atoms with Crippen LogP contribution in [0.4, 0.5) is 5.69 Å². The number of hydrogen-bond acceptors (Lipinski definition) is 3. The second kappa shape index (κ2) is 5.36. The molecule has 1 aromatic heterocycles. The molecule has 1 aliphatic heterocycles. The number of hydrogen-bond donors (Lipinski definition) is 2. The zero-order valence-corrected chi connectivity index (χ0v) is 11.5. The molecule has 0 spiro atoms. The maximum Gasteiger partial charge on any atom is 0.269 e. The van der Waals surface area contributed by atoms with Crippen LogP contribution in [0.2, 0.25) is 0 Å². The number of para-hydroxylation sites is 1. The van der Waals surface area contributed by atoms with Gasteiger partial charge in [-0.1, -0.05) is 18.2 Å². The van der Waals surface area contributed by atoms with Crippen molar-refractivity contribution in [3.05, 3.63) is 48.0 Å². The highest BCUT2D eigenvalue weighted by Crippen LogP contribution is 2.32. The minimum Gasteiger partial charge on any atom is -0.384 e. The summed E-state index contributed by atoms with van der Waals surface area (Å²) >= 11 is 0. The SMILES string of the molecule is Cn1cncc1C(=O)NCCC1CNc2ccccc21. The van der Waals surface area contributed by atoms with E-state index in [-0.39, 0.29) is 5.91 Å². The van der Waals surface area contributed by atoms with E-state index in [2.05, 4.69) is 33.8 Å². The minimum absolute atomic E-state index is 0.0655. The topological polar surface area (TPSA) is 59.0 Å². The van der Waals surface area contributed by atoms with E-state index in [1.54, 1.807) is 17.1 Å². The third-order valence-electron chi connectivity index (χ3n) is 3.77. The van der Waals surface area contributed by atoms with Gasteiger partial charge in [0.15, 0.2) is 0 Å². The number of rotatable bonds is 4. The third-order valence-corrected chi connectivity index (χ3v) is 3.77. The Morgan fingerprint density at radius 2 is 2.35 bits per heavy atom. The fourth-order valence-electron chi connectivity index (χ4n) is 2.64. The summed E-state index contributed by atoms with van der Waals surface area (Å²) in [6.07, 6.45) is 4.15. The Morgan fingerprint density at radius 3 is 3.15 bits per heavy atom. The lowest BCUT2D eigenvalue weighted by Crippen LogP contribution is -2.27. The summed E-state index contributed by atoms with van der Waals surface area (Å²) in [6, 6.07) is 8.36. The van der Waals surface area contributed by atoms with Crippen LogP contribution >= 0.6 is 0 Å². The van der Waals surface area contributed by atoms with Gasteiger partial charge in [-0.15, -0.1) is 0 Å². The quantitative estimate of drug-likeness (QED) is 0.890. The fourth-order valence-corrected chi connectivity index (χ4v) is 2.64. The molecule has 0 bridgehead atoms. The lowest BCUT2D eigenvalue weighted by atomic mass is 9.98. The number of carbonyl (C=O) groups is 1. The summed E-state index contributed by atoms with van der Waals surface area (Å²) < 4.78 is 1.72. The number of nitrogens with one attached hydrogen (secondary N) is 2. The van der Waals surface area contributed by atoms with Gasteiger partial charge in [-0.05, 0) is 18.1 Å². The van der Waals surface area contributed by atoms with E-state index in [1.807, 2.05) is 13.1 Å². The van der Waals surface area contributed by atoms with Gasteiger partial charge >= 0.3 is 0 Å². The summed E-state index contributed by atoms with van der Waals surface area (Å²) in [5.41, 5.74) is 3.16. The van der Waals surface area contributed by atoms with E-state index in [0.29, 0.717) is 18.2 Å². The molecule has 0 saturated heterocycles. The first-order valence-corrected chi connectivity index (χ1v) is 6.83. The molecule has 2 heterocycles. The Hall–Kier alpha value is -2.30. The molecule has 20 heavy (non-hydrogen) atoms. The maximum absolute atomic E-state index is 12.0. The van der Waals surface area contributed by atoms with Crippen LogP contribution in [0.15, 0.2) is 36.8 Å². The highest BCUT2D eigenvalue weighted by atomic mass is 16.1. The van der Waals surface area contributed by atoms with Gasteiger partial charge in [0.2, 0.25) is 0 Å². The first-order chi connectivity index (χ1) is 9.75. The van der Waals surface area contributed by atoms with Gasteiger partial charge < -0.3 is 15.2 Å². The largest absolute Gasteiger partial charge is 0.384 e. The van der Waals surface area contributed by atoms with Crippen molar-refractivity contribution in [2.75, 3.05) is 18.4 Å². The number of fused-ring (bicyclic) bond motifs is 1. The number of nitrogens with zero attached hydrogens (tertiary/aromatic N) is 2. The summed E-state index contributed by atoms with van der Waals surface area (Å²) in [5, 5.41) is 6.35. The molecule has 0 aliphatic carbocycles. The van der Waals surface area contributed by atoms with E-state index in [4.69, 9.17) is 0 Å². The Balaban J connectivity index is 1.54. The van der Waals surface area contributed by atoms with Crippen LogP contribution in [-0.4, -0.2) is 28.5 Å². The molecule has 1 aromatic carbocycles. The molecule has 0 fully saturated rings. The van der Waals surface area contributed by atoms with Crippen molar-refractivity contribution in [2.24, 2.45) is 7.05 Å². The minimum atomic E-state index is -0.0655. The molecule has 0 radical (unpaired) electrons. The Labute approximate surface area is 118 Å². The number of benzene rings is 1. The normalized spacial score (nSPS) is 16.6. The summed E-state index contributed by atoms with van der Waals surface area (Å²) in [5.74, 6) is 0.405. The monoisotopic (exact) mass is 270 g/mol. The first-order valence-electron chi connectivity index (χ1n) is 6.83. The maximum atomic E-state index is 12.0. The van der Waals surface area contributed by atoms with E-state index in [1.165, 1.54) is 11.3 Å². The van der Waals surface area contributed by atoms with Gasteiger partial charge in [-0.25, -0.2) is 4.98 Å². The number of aryl methyl sites for hydroxylation is 1. The van der Waals surface area contributed by atoms with Crippen molar-refractivity contribution >= 4 is 11.6 Å². The molecular weight excluding hydrogens is 252 g/mol. The molecule has 0 saturated carbocycles. The van der Waals surface area contributed by atoms with E-state index in [0.717, 1.165) is 13.0 Å². The lowest BCUT2D eigenvalue weighted by Gasteiger charge is -2.11. The molecule has 104 valence electrons. The molecule has 1 atom stereocenters. The van der Waals surface area contributed by atoms with Gasteiger partial charge in [0.05, 0.1) is 12.5 Å². The highest BCUT2D eigenvalue weighted by Gasteiger charge is 2.21. The summed E-state index contributed by atoms with van der Waals surface area (Å²) in [4.78, 5) is 15.9. The average molecular weight is 270 g/mol. The van der Waals surface area contributed by atoms with Crippen LogP contribution in [0.5, 0.6) is 0 Å². The number of aromatic nitrogens is 2. The van der Waals surface area contributed by atoms with Crippen LogP contribution in [0.1, 0.15) is 28.4 Å². The van der Waals surface area contributed by atoms with Gasteiger partial charge in [-0.3, -0.25) is 4.79 Å². The van der Waals surface area contributed by atoms with Crippen LogP contribution in [0, 0.1) is 0 Å². The van der Waals surface area contributed by atoms with Crippen LogP contribution in [0.25, 0.3) is 0 Å². The first kappa shape index (κ1) is 12.7. The van der Waals surface area contributed by atoms with E-state index in [9.17, 15) is 4.79 Å². The van der Waals surface area contributed by atoms with Crippen molar-refractivity contribution in [2.45, 2.75) is 12.3 Å². The van der Waals surface area contributed by atoms with Gasteiger partial charge in [0, 0.05) is 31.7 Å². The van der Waals surface area contributed by atoms with Crippen LogP contribution < -0.4 is 10.6 Å². The smallest absolute Gasteiger partial charge is 0.269 e. The zero-order chi connectivity index (χ0) is 13.9. The molecular formula is C15H18N4O. The van der Waals surface area contributed by atoms with Crippen molar-refractivity contribution in [1.29, 1.82) is 0 Å². The Morgan fingerprint density at radius 1 is 1.50 bits per heavy atom. The number of anilines is 1. The molecule has 3 rings (SSSR count). The Kier molecular flexibility index (Phi) is 3.41. The molecule has 2 N–H and O–H groups in total. The van der Waals surface area contributed by atoms with Crippen molar-refractivity contribution in [1.82, 2.24) is 14.9 Å². The third kappa shape index (κ3) is 2.39. The van der Waals surface area contributed by atoms with Gasteiger partial charge in [0.1, 0.15) is 5.69 Å². The van der Waals surface area contributed by atoms with Crippen LogP contribution in [-0.2, 0) is 7.05 Å². The zero-order valence-electron chi connectivity index (χ0n) is 11.5. The van der Waals surface area contributed by atoms with Gasteiger partial charge in [-0.2, -0.15) is 0 Å². The van der Waals surface area contributed by atoms with Crippen LogP contribution in [0.3, 0.4) is 0 Å². The lowest BCUT2D eigenvalue weighted by molar-refractivity contribution is 0.0944. The Bertz CT molecular complexity index is 620. The molecule has 5 nitrogen and oxygen atoms in total. The van der Waals surface area contributed by atoms with Crippen molar-refractivity contribution in [3.63, 3.8) is 0 Å². The number of carbonyl (C=O) groups excluding carboxylic acids is 1. The van der Waals surface area contributed by atoms with E-state index < -0.39 is 0 Å². The molecule has 1 amide bonds. The molecule has 1 unspecified atom stereocenters. The van der Waals surface area contributed by atoms with Crippen molar-refractivity contribution < 1.29 is 4.79 Å². The second-order valence-corrected chi connectivity index (χ2v) is 5.10. The molecule has 1 aliphatic rings. The number of imidazole rings is 1. The predicted molar refractivity (Wildman–Crippen MR) is 77.8 cm³/mol. The summed E-state index contributed by atoms with van der Waals surface area (Å²) in [6.45, 7) is 1.62. The average Bonchev–Trinajstić information content (AvgIpc) is 3.05. The highest BCUT2D eigenvalue weighted by molar-refractivity contribution is 5.92.